The summed E-state index contributed by atoms with van der Waals surface area (Å²) in [4.78, 5) is 24.9. The van der Waals surface area contributed by atoms with Crippen LogP contribution in [0.4, 0.5) is 24.5 Å². The van der Waals surface area contributed by atoms with Crippen LogP contribution in [0, 0.1) is 0 Å². The molecule has 0 radical (unpaired) electrons. The van der Waals surface area contributed by atoms with E-state index in [-0.39, 0.29) is 5.56 Å². The molecule has 30 heavy (non-hydrogen) atoms. The molecule has 0 spiro atoms. The largest absolute Gasteiger partial charge is 0.497 e. The number of amides is 2. The summed E-state index contributed by atoms with van der Waals surface area (Å²) in [6.45, 7) is 0. The Bertz CT molecular complexity index is 1050. The molecule has 0 bridgehead atoms. The molecule has 0 aliphatic rings. The highest BCUT2D eigenvalue weighted by Gasteiger charge is 2.30. The van der Waals surface area contributed by atoms with Crippen LogP contribution in [0.5, 0.6) is 5.75 Å². The fraction of sp³-hybridized carbons (Fsp3) is 0.0909. The highest BCUT2D eigenvalue weighted by molar-refractivity contribution is 6.10. The molecule has 0 saturated carbocycles. The molecule has 0 heterocycles. The molecule has 0 atom stereocenters. The first-order chi connectivity index (χ1) is 14.3. The van der Waals surface area contributed by atoms with Crippen LogP contribution in [0.15, 0.2) is 72.8 Å². The van der Waals surface area contributed by atoms with Gasteiger partial charge in [-0.05, 0) is 60.7 Å². The monoisotopic (exact) mass is 414 g/mol. The molecule has 0 fully saturated rings. The van der Waals surface area contributed by atoms with Crippen molar-refractivity contribution in [3.05, 3.63) is 89.5 Å². The molecule has 2 N–H and O–H groups in total. The smallest absolute Gasteiger partial charge is 0.416 e. The molecule has 3 aromatic carbocycles. The molecular weight excluding hydrogens is 397 g/mol. The number of methoxy groups -OCH3 is 1. The predicted molar refractivity (Wildman–Crippen MR) is 107 cm³/mol. The van der Waals surface area contributed by atoms with Gasteiger partial charge in [-0.3, -0.25) is 9.59 Å². The molecule has 0 saturated heterocycles. The second-order valence-electron chi connectivity index (χ2n) is 6.26. The first-order valence-corrected chi connectivity index (χ1v) is 8.81. The van der Waals surface area contributed by atoms with Crippen molar-refractivity contribution in [3.63, 3.8) is 0 Å². The van der Waals surface area contributed by atoms with E-state index in [1.807, 2.05) is 0 Å². The Labute approximate surface area is 170 Å². The Balaban J connectivity index is 1.74. The van der Waals surface area contributed by atoms with E-state index in [0.29, 0.717) is 22.7 Å². The zero-order chi connectivity index (χ0) is 21.7. The Hall–Kier alpha value is -3.81. The molecule has 2 amide bonds. The minimum Gasteiger partial charge on any atom is -0.497 e. The third-order valence-electron chi connectivity index (χ3n) is 4.25. The number of para-hydroxylation sites is 2. The number of hydrogen-bond acceptors (Lipinski definition) is 3. The second-order valence-corrected chi connectivity index (χ2v) is 6.26. The predicted octanol–water partition coefficient (Wildman–Crippen LogP) is 5.22. The van der Waals surface area contributed by atoms with Crippen LogP contribution < -0.4 is 15.4 Å². The number of hydrogen-bond donors (Lipinski definition) is 2. The number of ether oxygens (including phenoxy) is 1. The SMILES string of the molecule is COc1ccc(C(=O)Nc2ccccc2NC(=O)c2ccc(C(F)(F)F)cc2)cc1. The van der Waals surface area contributed by atoms with Crippen LogP contribution in [0.3, 0.4) is 0 Å². The van der Waals surface area contributed by atoms with Crippen LogP contribution in [0.1, 0.15) is 26.3 Å². The summed E-state index contributed by atoms with van der Waals surface area (Å²) in [5.74, 6) is -0.389. The number of anilines is 2. The zero-order valence-corrected chi connectivity index (χ0v) is 15.8. The van der Waals surface area contributed by atoms with Gasteiger partial charge in [-0.15, -0.1) is 0 Å². The van der Waals surface area contributed by atoms with E-state index in [2.05, 4.69) is 10.6 Å². The molecular formula is C22H17F3N2O3. The third kappa shape index (κ3) is 4.96. The van der Waals surface area contributed by atoms with Crippen molar-refractivity contribution < 1.29 is 27.5 Å². The molecule has 0 aromatic heterocycles. The van der Waals surface area contributed by atoms with Gasteiger partial charge in [-0.1, -0.05) is 12.1 Å². The van der Waals surface area contributed by atoms with Crippen molar-refractivity contribution in [2.75, 3.05) is 17.7 Å². The molecule has 154 valence electrons. The Morgan fingerprint density at radius 1 is 0.733 bits per heavy atom. The van der Waals surface area contributed by atoms with Crippen molar-refractivity contribution >= 4 is 23.2 Å². The van der Waals surface area contributed by atoms with E-state index >= 15 is 0 Å². The summed E-state index contributed by atoms with van der Waals surface area (Å²) < 4.78 is 43.1. The van der Waals surface area contributed by atoms with Gasteiger partial charge in [-0.25, -0.2) is 0 Å². The molecule has 3 aromatic rings. The maximum atomic E-state index is 12.7. The molecule has 0 unspecified atom stereocenters. The first kappa shape index (κ1) is 20.9. The van der Waals surface area contributed by atoms with Crippen molar-refractivity contribution in [1.82, 2.24) is 0 Å². The van der Waals surface area contributed by atoms with Gasteiger partial charge in [0.05, 0.1) is 24.0 Å². The summed E-state index contributed by atoms with van der Waals surface area (Å²) in [5.41, 5.74) is 0.257. The number of nitrogens with one attached hydrogen (secondary N) is 2. The van der Waals surface area contributed by atoms with Gasteiger partial charge in [0.1, 0.15) is 5.75 Å². The lowest BCUT2D eigenvalue weighted by Gasteiger charge is -2.13. The van der Waals surface area contributed by atoms with Crippen LogP contribution in [0.25, 0.3) is 0 Å². The summed E-state index contributed by atoms with van der Waals surface area (Å²) in [7, 11) is 1.52. The van der Waals surface area contributed by atoms with Gasteiger partial charge < -0.3 is 15.4 Å². The molecule has 0 aliphatic carbocycles. The maximum Gasteiger partial charge on any atom is 0.416 e. The van der Waals surface area contributed by atoms with Gasteiger partial charge in [0.2, 0.25) is 0 Å². The average molecular weight is 414 g/mol. The number of benzene rings is 3. The summed E-state index contributed by atoms with van der Waals surface area (Å²) in [6, 6.07) is 16.9. The standard InChI is InChI=1S/C22H17F3N2O3/c1-30-17-12-8-15(9-13-17)21(29)27-19-5-3-2-4-18(19)26-20(28)14-6-10-16(11-7-14)22(23,24)25/h2-13H,1H3,(H,26,28)(H,27,29). The van der Waals surface area contributed by atoms with Crippen LogP contribution >= 0.6 is 0 Å². The van der Waals surface area contributed by atoms with Gasteiger partial charge in [0.15, 0.2) is 0 Å². The topological polar surface area (TPSA) is 67.4 Å². The Kier molecular flexibility index (Phi) is 6.06. The maximum absolute atomic E-state index is 12.7. The lowest BCUT2D eigenvalue weighted by atomic mass is 10.1. The first-order valence-electron chi connectivity index (χ1n) is 8.81. The van der Waals surface area contributed by atoms with Crippen LogP contribution in [0.2, 0.25) is 0 Å². The lowest BCUT2D eigenvalue weighted by molar-refractivity contribution is -0.137. The van der Waals surface area contributed by atoms with E-state index in [4.69, 9.17) is 4.74 Å². The number of alkyl halides is 3. The van der Waals surface area contributed by atoms with Gasteiger partial charge >= 0.3 is 6.18 Å². The normalized spacial score (nSPS) is 10.9. The van der Waals surface area contributed by atoms with Gasteiger partial charge in [-0.2, -0.15) is 13.2 Å². The van der Waals surface area contributed by atoms with Crippen LogP contribution in [-0.2, 0) is 6.18 Å². The number of carbonyl (C=O) groups excluding carboxylic acids is 2. The molecule has 5 nitrogen and oxygen atoms in total. The number of halogens is 3. The van der Waals surface area contributed by atoms with Crippen molar-refractivity contribution in [3.8, 4) is 5.75 Å². The van der Waals surface area contributed by atoms with E-state index in [9.17, 15) is 22.8 Å². The Morgan fingerprint density at radius 2 is 1.17 bits per heavy atom. The van der Waals surface area contributed by atoms with Crippen molar-refractivity contribution in [2.24, 2.45) is 0 Å². The minimum atomic E-state index is -4.48. The van der Waals surface area contributed by atoms with E-state index in [1.165, 1.54) is 7.11 Å². The summed E-state index contributed by atoms with van der Waals surface area (Å²) in [6.07, 6.45) is -4.48. The molecule has 8 heteroatoms. The van der Waals surface area contributed by atoms with Crippen LogP contribution in [-0.4, -0.2) is 18.9 Å². The summed E-state index contributed by atoms with van der Waals surface area (Å²) >= 11 is 0. The van der Waals surface area contributed by atoms with E-state index in [0.717, 1.165) is 24.3 Å². The fourth-order valence-corrected chi connectivity index (χ4v) is 2.64. The van der Waals surface area contributed by atoms with Crippen molar-refractivity contribution in [2.45, 2.75) is 6.18 Å². The van der Waals surface area contributed by atoms with Crippen molar-refractivity contribution in [1.29, 1.82) is 0 Å². The highest BCUT2D eigenvalue weighted by atomic mass is 19.4. The lowest BCUT2D eigenvalue weighted by Crippen LogP contribution is -2.17. The average Bonchev–Trinajstić information content (AvgIpc) is 2.74. The zero-order valence-electron chi connectivity index (χ0n) is 15.8. The summed E-state index contributed by atoms with van der Waals surface area (Å²) in [5, 5.41) is 5.31. The third-order valence-corrected chi connectivity index (χ3v) is 4.25. The minimum absolute atomic E-state index is 0.0549. The van der Waals surface area contributed by atoms with E-state index < -0.39 is 23.6 Å². The fourth-order valence-electron chi connectivity index (χ4n) is 2.64. The molecule has 0 aliphatic heterocycles. The number of rotatable bonds is 5. The highest BCUT2D eigenvalue weighted by Crippen LogP contribution is 2.29. The van der Waals surface area contributed by atoms with E-state index in [1.54, 1.807) is 48.5 Å². The molecule has 3 rings (SSSR count). The quantitative estimate of drug-likeness (QED) is 0.602. The van der Waals surface area contributed by atoms with Gasteiger partial charge in [0, 0.05) is 11.1 Å². The van der Waals surface area contributed by atoms with Gasteiger partial charge in [0.25, 0.3) is 11.8 Å². The second kappa shape index (κ2) is 8.69. The number of carbonyl (C=O) groups is 2. The Morgan fingerprint density at radius 3 is 1.57 bits per heavy atom.